The molecule has 1 aliphatic carbocycles. The first-order valence-electron chi connectivity index (χ1n) is 9.39. The summed E-state index contributed by atoms with van der Waals surface area (Å²) in [6.45, 7) is 5.89. The molecule has 2 fully saturated rings. The van der Waals surface area contributed by atoms with Crippen LogP contribution in [0.5, 0.6) is 0 Å². The summed E-state index contributed by atoms with van der Waals surface area (Å²) < 4.78 is 45.6. The van der Waals surface area contributed by atoms with Crippen molar-refractivity contribution in [3.05, 3.63) is 0 Å². The second-order valence-corrected chi connectivity index (χ2v) is 7.70. The molecule has 0 aromatic carbocycles. The number of nitrogens with zero attached hydrogens (tertiary/aromatic N) is 2. The molecule has 0 amide bonds. The van der Waals surface area contributed by atoms with Gasteiger partial charge in [0.1, 0.15) is 6.04 Å². The highest BCUT2D eigenvalue weighted by atomic mass is 19.4. The molecule has 24 heavy (non-hydrogen) atoms. The van der Waals surface area contributed by atoms with E-state index in [0.717, 1.165) is 45.1 Å². The van der Waals surface area contributed by atoms with Crippen LogP contribution in [0, 0.1) is 5.92 Å². The van der Waals surface area contributed by atoms with Crippen molar-refractivity contribution in [3.8, 4) is 0 Å². The van der Waals surface area contributed by atoms with Crippen molar-refractivity contribution in [2.24, 2.45) is 5.92 Å². The minimum Gasteiger partial charge on any atom is -0.381 e. The summed E-state index contributed by atoms with van der Waals surface area (Å²) in [5, 5.41) is 0. The average molecular weight is 350 g/mol. The zero-order valence-corrected chi connectivity index (χ0v) is 15.3. The minimum atomic E-state index is -4.13. The van der Waals surface area contributed by atoms with E-state index in [-0.39, 0.29) is 12.6 Å². The Balaban J connectivity index is 1.78. The number of rotatable bonds is 6. The fourth-order valence-electron chi connectivity index (χ4n) is 4.13. The van der Waals surface area contributed by atoms with Crippen LogP contribution in [0.2, 0.25) is 0 Å². The SMILES string of the molecule is COC1CCC(CCCN2CCN(C(C)C)CC2C(F)(F)F)CC1. The fraction of sp³-hybridized carbons (Fsp3) is 1.00. The van der Waals surface area contributed by atoms with Gasteiger partial charge in [-0.05, 0) is 64.8 Å². The smallest absolute Gasteiger partial charge is 0.381 e. The Hall–Kier alpha value is -0.330. The van der Waals surface area contributed by atoms with Crippen molar-refractivity contribution in [2.75, 3.05) is 33.3 Å². The Labute approximate surface area is 144 Å². The lowest BCUT2D eigenvalue weighted by Crippen LogP contribution is -2.60. The van der Waals surface area contributed by atoms with Gasteiger partial charge in [0, 0.05) is 32.8 Å². The van der Waals surface area contributed by atoms with Crippen LogP contribution in [0.4, 0.5) is 13.2 Å². The molecule has 0 radical (unpaired) electrons. The summed E-state index contributed by atoms with van der Waals surface area (Å²) in [4.78, 5) is 3.61. The average Bonchev–Trinajstić information content (AvgIpc) is 2.54. The Morgan fingerprint density at radius 1 is 1.08 bits per heavy atom. The van der Waals surface area contributed by atoms with Gasteiger partial charge in [0.25, 0.3) is 0 Å². The first kappa shape index (κ1) is 20.0. The number of alkyl halides is 3. The van der Waals surface area contributed by atoms with Crippen molar-refractivity contribution in [3.63, 3.8) is 0 Å². The van der Waals surface area contributed by atoms with Crippen LogP contribution < -0.4 is 0 Å². The summed E-state index contributed by atoms with van der Waals surface area (Å²) in [5.74, 6) is 0.665. The third-order valence-corrected chi connectivity index (χ3v) is 5.82. The third kappa shape index (κ3) is 5.60. The number of halogens is 3. The van der Waals surface area contributed by atoms with Crippen LogP contribution in [-0.4, -0.2) is 67.5 Å². The van der Waals surface area contributed by atoms with E-state index in [1.54, 1.807) is 12.0 Å². The lowest BCUT2D eigenvalue weighted by atomic mass is 9.84. The molecule has 142 valence electrons. The van der Waals surface area contributed by atoms with Gasteiger partial charge in [0.15, 0.2) is 0 Å². The molecule has 3 nitrogen and oxygen atoms in total. The van der Waals surface area contributed by atoms with Gasteiger partial charge in [-0.1, -0.05) is 0 Å². The number of hydrogen-bond acceptors (Lipinski definition) is 3. The second kappa shape index (κ2) is 8.86. The van der Waals surface area contributed by atoms with Gasteiger partial charge in [-0.2, -0.15) is 13.2 Å². The van der Waals surface area contributed by atoms with Gasteiger partial charge in [0.2, 0.25) is 0 Å². The molecule has 0 aromatic heterocycles. The van der Waals surface area contributed by atoms with E-state index in [9.17, 15) is 13.2 Å². The Morgan fingerprint density at radius 3 is 2.29 bits per heavy atom. The molecule has 0 spiro atoms. The molecular formula is C18H33F3N2O. The summed E-state index contributed by atoms with van der Waals surface area (Å²) in [6, 6.07) is -1.13. The van der Waals surface area contributed by atoms with Crippen LogP contribution in [0.3, 0.4) is 0 Å². The second-order valence-electron chi connectivity index (χ2n) is 7.70. The normalized spacial score (nSPS) is 30.9. The van der Waals surface area contributed by atoms with E-state index in [1.165, 1.54) is 0 Å². The van der Waals surface area contributed by atoms with Gasteiger partial charge in [-0.3, -0.25) is 9.80 Å². The maximum Gasteiger partial charge on any atom is 0.405 e. The van der Waals surface area contributed by atoms with Crippen molar-refractivity contribution >= 4 is 0 Å². The predicted molar refractivity (Wildman–Crippen MR) is 90.1 cm³/mol. The zero-order chi connectivity index (χ0) is 17.7. The summed E-state index contributed by atoms with van der Waals surface area (Å²) >= 11 is 0. The molecule has 2 rings (SSSR count). The molecule has 2 aliphatic rings. The summed E-state index contributed by atoms with van der Waals surface area (Å²) in [6.07, 6.45) is 2.68. The first-order valence-corrected chi connectivity index (χ1v) is 9.39. The Bertz CT molecular complexity index is 368. The number of ether oxygens (including phenoxy) is 1. The van der Waals surface area contributed by atoms with Gasteiger partial charge in [-0.25, -0.2) is 0 Å². The van der Waals surface area contributed by atoms with Gasteiger partial charge in [0.05, 0.1) is 6.10 Å². The van der Waals surface area contributed by atoms with Gasteiger partial charge < -0.3 is 4.74 Å². The van der Waals surface area contributed by atoms with Crippen LogP contribution >= 0.6 is 0 Å². The molecule has 1 heterocycles. The molecular weight excluding hydrogens is 317 g/mol. The largest absolute Gasteiger partial charge is 0.405 e. The molecule has 1 unspecified atom stereocenters. The van der Waals surface area contributed by atoms with Gasteiger partial charge in [-0.15, -0.1) is 0 Å². The van der Waals surface area contributed by atoms with Crippen LogP contribution in [0.25, 0.3) is 0 Å². The van der Waals surface area contributed by atoms with E-state index >= 15 is 0 Å². The van der Waals surface area contributed by atoms with Crippen molar-refractivity contribution in [2.45, 2.75) is 76.7 Å². The molecule has 1 atom stereocenters. The van der Waals surface area contributed by atoms with Crippen LogP contribution in [0.15, 0.2) is 0 Å². The van der Waals surface area contributed by atoms with E-state index in [2.05, 4.69) is 0 Å². The predicted octanol–water partition coefficient (Wildman–Crippen LogP) is 3.93. The summed E-state index contributed by atoms with van der Waals surface area (Å²) in [5.41, 5.74) is 0. The lowest BCUT2D eigenvalue weighted by Gasteiger charge is -2.43. The van der Waals surface area contributed by atoms with E-state index in [1.807, 2.05) is 18.7 Å². The van der Waals surface area contributed by atoms with Crippen LogP contribution in [0.1, 0.15) is 52.4 Å². The molecule has 0 aromatic rings. The number of hydrogen-bond donors (Lipinski definition) is 0. The van der Waals surface area contributed by atoms with Crippen molar-refractivity contribution in [1.29, 1.82) is 0 Å². The molecule has 6 heteroatoms. The highest BCUT2D eigenvalue weighted by Crippen LogP contribution is 2.31. The number of methoxy groups -OCH3 is 1. The Kier molecular flexibility index (Phi) is 7.38. The van der Waals surface area contributed by atoms with Crippen molar-refractivity contribution in [1.82, 2.24) is 9.80 Å². The monoisotopic (exact) mass is 350 g/mol. The zero-order valence-electron chi connectivity index (χ0n) is 15.3. The van der Waals surface area contributed by atoms with Gasteiger partial charge >= 0.3 is 6.18 Å². The molecule has 0 bridgehead atoms. The number of piperazine rings is 1. The molecule has 0 N–H and O–H groups in total. The third-order valence-electron chi connectivity index (χ3n) is 5.82. The summed E-state index contributed by atoms with van der Waals surface area (Å²) in [7, 11) is 1.76. The topological polar surface area (TPSA) is 15.7 Å². The van der Waals surface area contributed by atoms with Crippen LogP contribution in [-0.2, 0) is 4.74 Å². The lowest BCUT2D eigenvalue weighted by molar-refractivity contribution is -0.198. The first-order chi connectivity index (χ1) is 11.3. The van der Waals surface area contributed by atoms with E-state index < -0.39 is 12.2 Å². The maximum atomic E-state index is 13.4. The maximum absolute atomic E-state index is 13.4. The molecule has 1 saturated carbocycles. The van der Waals surface area contributed by atoms with E-state index in [0.29, 0.717) is 25.1 Å². The quantitative estimate of drug-likeness (QED) is 0.722. The minimum absolute atomic E-state index is 0.111. The van der Waals surface area contributed by atoms with Crippen molar-refractivity contribution < 1.29 is 17.9 Å². The standard InChI is InChI=1S/C18H33F3N2O/c1-14(2)23-12-11-22(17(13-23)18(19,20)21)10-4-5-15-6-8-16(24-3)9-7-15/h14-17H,4-13H2,1-3H3. The molecule has 1 saturated heterocycles. The van der Waals surface area contributed by atoms with E-state index in [4.69, 9.17) is 4.74 Å². The highest BCUT2D eigenvalue weighted by Gasteiger charge is 2.46. The molecule has 1 aliphatic heterocycles. The Morgan fingerprint density at radius 2 is 1.75 bits per heavy atom. The highest BCUT2D eigenvalue weighted by molar-refractivity contribution is 4.88. The fourth-order valence-corrected chi connectivity index (χ4v) is 4.13.